The largest absolute Gasteiger partial charge is 0.376 e. The molecule has 0 aromatic heterocycles. The first-order valence-electron chi connectivity index (χ1n) is 10.3. The van der Waals surface area contributed by atoms with Gasteiger partial charge in [0, 0.05) is 32.2 Å². The van der Waals surface area contributed by atoms with Crippen LogP contribution < -0.4 is 10.6 Å². The lowest BCUT2D eigenvalue weighted by Crippen LogP contribution is -2.47. The third-order valence-corrected chi connectivity index (χ3v) is 5.36. The molecule has 0 aromatic carbocycles. The Labute approximate surface area is 164 Å². The number of rotatable bonds is 9. The van der Waals surface area contributed by atoms with E-state index in [-0.39, 0.29) is 29.3 Å². The minimum atomic E-state index is 0.0545. The van der Waals surface area contributed by atoms with E-state index in [1.165, 1.54) is 0 Å². The van der Waals surface area contributed by atoms with E-state index in [4.69, 9.17) is 4.74 Å². The lowest BCUT2D eigenvalue weighted by molar-refractivity contribution is -0.127. The van der Waals surface area contributed by atoms with Gasteiger partial charge in [-0.15, -0.1) is 0 Å². The summed E-state index contributed by atoms with van der Waals surface area (Å²) in [7, 11) is 4.10. The maximum atomic E-state index is 12.5. The molecule has 1 unspecified atom stereocenters. The molecule has 0 radical (unpaired) electrons. The molecule has 2 fully saturated rings. The summed E-state index contributed by atoms with van der Waals surface area (Å²) in [4.78, 5) is 28.9. The average molecular weight is 383 g/mol. The van der Waals surface area contributed by atoms with Crippen LogP contribution in [-0.4, -0.2) is 87.7 Å². The van der Waals surface area contributed by atoms with Crippen molar-refractivity contribution in [3.8, 4) is 0 Å². The number of nitrogens with one attached hydrogen (secondary N) is 2. The van der Waals surface area contributed by atoms with E-state index < -0.39 is 0 Å². The van der Waals surface area contributed by atoms with Crippen LogP contribution >= 0.6 is 0 Å². The molecule has 2 N–H and O–H groups in total. The molecule has 0 saturated carbocycles. The highest BCUT2D eigenvalue weighted by Gasteiger charge is 2.28. The van der Waals surface area contributed by atoms with Gasteiger partial charge < -0.3 is 20.3 Å². The summed E-state index contributed by atoms with van der Waals surface area (Å²) >= 11 is 0. The fraction of sp³-hybridized carbons (Fsp3) is 0.900. The molecular weight excluding hydrogens is 344 g/mol. The van der Waals surface area contributed by atoms with Crippen molar-refractivity contribution in [1.29, 1.82) is 0 Å². The highest BCUT2D eigenvalue weighted by atomic mass is 16.5. The molecule has 2 rings (SSSR count). The minimum absolute atomic E-state index is 0.0545. The molecule has 0 bridgehead atoms. The Kier molecular flexibility index (Phi) is 8.51. The van der Waals surface area contributed by atoms with Gasteiger partial charge in [-0.1, -0.05) is 13.8 Å². The monoisotopic (exact) mass is 382 g/mol. The second-order valence-electron chi connectivity index (χ2n) is 9.11. The Morgan fingerprint density at radius 3 is 2.44 bits per heavy atom. The van der Waals surface area contributed by atoms with E-state index in [1.54, 1.807) is 0 Å². The van der Waals surface area contributed by atoms with Crippen molar-refractivity contribution in [3.05, 3.63) is 0 Å². The lowest BCUT2D eigenvalue weighted by Gasteiger charge is -2.32. The summed E-state index contributed by atoms with van der Waals surface area (Å²) in [6.07, 6.45) is 3.94. The van der Waals surface area contributed by atoms with Crippen molar-refractivity contribution < 1.29 is 14.3 Å². The van der Waals surface area contributed by atoms with Crippen molar-refractivity contribution in [2.75, 3.05) is 60.0 Å². The first kappa shape index (κ1) is 22.1. The summed E-state index contributed by atoms with van der Waals surface area (Å²) in [6, 6.07) is 0. The Bertz CT molecular complexity index is 482. The van der Waals surface area contributed by atoms with Gasteiger partial charge in [-0.25, -0.2) is 0 Å². The second-order valence-corrected chi connectivity index (χ2v) is 9.11. The van der Waals surface area contributed by atoms with E-state index in [0.29, 0.717) is 19.6 Å². The third kappa shape index (κ3) is 8.15. The van der Waals surface area contributed by atoms with Crippen LogP contribution in [0.4, 0.5) is 0 Å². The summed E-state index contributed by atoms with van der Waals surface area (Å²) in [5, 5.41) is 6.10. The van der Waals surface area contributed by atoms with Gasteiger partial charge in [0.1, 0.15) is 0 Å². The zero-order valence-electron chi connectivity index (χ0n) is 17.6. The van der Waals surface area contributed by atoms with Crippen molar-refractivity contribution in [1.82, 2.24) is 20.4 Å². The average Bonchev–Trinajstić information content (AvgIpc) is 3.11. The van der Waals surface area contributed by atoms with Crippen LogP contribution in [0.1, 0.15) is 39.5 Å². The number of ether oxygens (including phenoxy) is 1. The molecule has 2 aliphatic rings. The van der Waals surface area contributed by atoms with Crippen molar-refractivity contribution in [2.45, 2.75) is 45.6 Å². The smallest absolute Gasteiger partial charge is 0.234 e. The number of hydrogen-bond acceptors (Lipinski definition) is 5. The Morgan fingerprint density at radius 2 is 1.85 bits per heavy atom. The Balaban J connectivity index is 1.62. The number of piperidine rings is 1. The van der Waals surface area contributed by atoms with Crippen LogP contribution in [0.2, 0.25) is 0 Å². The topological polar surface area (TPSA) is 73.9 Å². The first-order valence-corrected chi connectivity index (χ1v) is 10.3. The van der Waals surface area contributed by atoms with Gasteiger partial charge in [0.2, 0.25) is 11.8 Å². The molecule has 2 aliphatic heterocycles. The van der Waals surface area contributed by atoms with E-state index in [9.17, 15) is 9.59 Å². The SMILES string of the molecule is CN(C)CC(C)(C)CNC(=O)C1CCN(CC(=O)NCC2CCCO2)CC1. The van der Waals surface area contributed by atoms with E-state index in [1.807, 2.05) is 0 Å². The van der Waals surface area contributed by atoms with Gasteiger partial charge >= 0.3 is 0 Å². The predicted molar refractivity (Wildman–Crippen MR) is 106 cm³/mol. The van der Waals surface area contributed by atoms with Crippen LogP contribution in [0, 0.1) is 11.3 Å². The normalized spacial score (nSPS) is 22.2. The molecule has 156 valence electrons. The fourth-order valence-electron chi connectivity index (χ4n) is 4.03. The quantitative estimate of drug-likeness (QED) is 0.614. The third-order valence-electron chi connectivity index (χ3n) is 5.36. The van der Waals surface area contributed by atoms with Gasteiger partial charge in [-0.2, -0.15) is 0 Å². The number of likely N-dealkylation sites (tertiary alicyclic amines) is 1. The second kappa shape index (κ2) is 10.4. The van der Waals surface area contributed by atoms with E-state index >= 15 is 0 Å². The number of amides is 2. The predicted octanol–water partition coefficient (Wildman–Crippen LogP) is 0.698. The molecule has 27 heavy (non-hydrogen) atoms. The van der Waals surface area contributed by atoms with Crippen LogP contribution in [0.15, 0.2) is 0 Å². The molecular formula is C20H38N4O3. The van der Waals surface area contributed by atoms with Gasteiger partial charge in [0.15, 0.2) is 0 Å². The molecule has 0 aromatic rings. The molecule has 2 saturated heterocycles. The van der Waals surface area contributed by atoms with Crippen LogP contribution in [0.3, 0.4) is 0 Å². The number of carbonyl (C=O) groups excluding carboxylic acids is 2. The Morgan fingerprint density at radius 1 is 1.15 bits per heavy atom. The van der Waals surface area contributed by atoms with Crippen molar-refractivity contribution in [2.24, 2.45) is 11.3 Å². The highest BCUT2D eigenvalue weighted by molar-refractivity contribution is 5.79. The maximum absolute atomic E-state index is 12.5. The molecule has 0 spiro atoms. The molecule has 7 heteroatoms. The summed E-state index contributed by atoms with van der Waals surface area (Å²) in [5.41, 5.74) is 0.0565. The minimum Gasteiger partial charge on any atom is -0.376 e. The first-order chi connectivity index (χ1) is 12.7. The van der Waals surface area contributed by atoms with Crippen LogP contribution in [0.25, 0.3) is 0 Å². The van der Waals surface area contributed by atoms with Crippen molar-refractivity contribution in [3.63, 3.8) is 0 Å². The van der Waals surface area contributed by atoms with E-state index in [2.05, 4.69) is 48.4 Å². The molecule has 1 atom stereocenters. The number of nitrogens with zero attached hydrogens (tertiary/aromatic N) is 2. The van der Waals surface area contributed by atoms with Gasteiger partial charge in [0.05, 0.1) is 12.6 Å². The van der Waals surface area contributed by atoms with E-state index in [0.717, 1.165) is 51.9 Å². The zero-order valence-corrected chi connectivity index (χ0v) is 17.6. The molecule has 0 aliphatic carbocycles. The van der Waals surface area contributed by atoms with Gasteiger partial charge in [0.25, 0.3) is 0 Å². The summed E-state index contributed by atoms with van der Waals surface area (Å²) in [5.74, 6) is 0.273. The standard InChI is InChI=1S/C20H38N4O3/c1-20(2,15-23(3)4)14-22-19(26)16-7-9-24(10-8-16)13-18(25)21-12-17-6-5-11-27-17/h16-17H,5-15H2,1-4H3,(H,21,25)(H,22,26). The van der Waals surface area contributed by atoms with Crippen molar-refractivity contribution >= 4 is 11.8 Å². The highest BCUT2D eigenvalue weighted by Crippen LogP contribution is 2.19. The fourth-order valence-corrected chi connectivity index (χ4v) is 4.03. The zero-order chi connectivity index (χ0) is 19.9. The lowest BCUT2D eigenvalue weighted by atomic mass is 9.91. The maximum Gasteiger partial charge on any atom is 0.234 e. The molecule has 7 nitrogen and oxygen atoms in total. The van der Waals surface area contributed by atoms with Gasteiger partial charge in [-0.3, -0.25) is 14.5 Å². The summed E-state index contributed by atoms with van der Waals surface area (Å²) in [6.45, 7) is 9.40. The van der Waals surface area contributed by atoms with Crippen LogP contribution in [0.5, 0.6) is 0 Å². The Hall–Kier alpha value is -1.18. The summed E-state index contributed by atoms with van der Waals surface area (Å²) < 4.78 is 5.53. The number of hydrogen-bond donors (Lipinski definition) is 2. The van der Waals surface area contributed by atoms with Gasteiger partial charge in [-0.05, 0) is 58.3 Å². The molecule has 2 amide bonds. The number of carbonyl (C=O) groups is 2. The molecule has 2 heterocycles. The van der Waals surface area contributed by atoms with Crippen LogP contribution in [-0.2, 0) is 14.3 Å².